The van der Waals surface area contributed by atoms with Crippen LogP contribution in [0.2, 0.25) is 0 Å². The Kier molecular flexibility index (Phi) is 6.37. The molecule has 5 nitrogen and oxygen atoms in total. The molecule has 1 amide bonds. The average Bonchev–Trinajstić information content (AvgIpc) is 2.94. The Morgan fingerprint density at radius 3 is 2.46 bits per heavy atom. The largest absolute Gasteiger partial charge is 0.435 e. The third kappa shape index (κ3) is 4.34. The minimum Gasteiger partial charge on any atom is -0.435 e. The second-order valence-electron chi connectivity index (χ2n) is 6.20. The van der Waals surface area contributed by atoms with Crippen LogP contribution >= 0.6 is 12.4 Å². The van der Waals surface area contributed by atoms with Gasteiger partial charge in [-0.1, -0.05) is 0 Å². The molecule has 3 rings (SSSR count). The molecular formula is C16H21ClF2N2O3. The molecule has 8 heteroatoms. The van der Waals surface area contributed by atoms with Crippen molar-refractivity contribution >= 4 is 18.3 Å². The van der Waals surface area contributed by atoms with Crippen LogP contribution in [0.25, 0.3) is 0 Å². The number of amides is 1. The first kappa shape index (κ1) is 18.9. The highest BCUT2D eigenvalue weighted by Crippen LogP contribution is 2.33. The molecule has 1 aromatic carbocycles. The number of rotatable bonds is 4. The summed E-state index contributed by atoms with van der Waals surface area (Å²) < 4.78 is 28.5. The molecule has 1 aliphatic heterocycles. The van der Waals surface area contributed by atoms with Gasteiger partial charge in [0.1, 0.15) is 5.75 Å². The van der Waals surface area contributed by atoms with Crippen LogP contribution in [0.1, 0.15) is 23.2 Å². The zero-order valence-electron chi connectivity index (χ0n) is 13.0. The molecular weight excluding hydrogens is 342 g/mol. The molecule has 0 unspecified atom stereocenters. The van der Waals surface area contributed by atoms with Gasteiger partial charge in [0.15, 0.2) is 0 Å². The lowest BCUT2D eigenvalue weighted by Gasteiger charge is -2.35. The molecule has 2 fully saturated rings. The summed E-state index contributed by atoms with van der Waals surface area (Å²) in [5, 5.41) is 16.4. The first-order valence-electron chi connectivity index (χ1n) is 7.77. The van der Waals surface area contributed by atoms with Gasteiger partial charge in [-0.3, -0.25) is 4.79 Å². The number of aliphatic hydroxyl groups is 1. The monoisotopic (exact) mass is 362 g/mol. The molecule has 1 aromatic rings. The standard InChI is InChI=1S/C16H20F2N2O3.ClH/c17-16(18)23-12-3-1-9(2-4-12)15(22)20-13-5-10-7-19-8-11(10)6-14(13)21;/h1-4,10-11,13-14,16,19,21H,5-8H2,(H,20,22);1H/t10-,11+,13-,14-;/m0./s1. The van der Waals surface area contributed by atoms with Crippen molar-refractivity contribution in [2.24, 2.45) is 11.8 Å². The maximum absolute atomic E-state index is 12.3. The van der Waals surface area contributed by atoms with Gasteiger partial charge in [0.2, 0.25) is 0 Å². The van der Waals surface area contributed by atoms with Crippen molar-refractivity contribution in [1.82, 2.24) is 10.6 Å². The maximum Gasteiger partial charge on any atom is 0.387 e. The fourth-order valence-electron chi connectivity index (χ4n) is 3.49. The topological polar surface area (TPSA) is 70.6 Å². The average molecular weight is 363 g/mol. The Labute approximate surface area is 145 Å². The molecule has 2 aliphatic rings. The van der Waals surface area contributed by atoms with E-state index in [-0.39, 0.29) is 30.1 Å². The number of nitrogens with one attached hydrogen (secondary N) is 2. The summed E-state index contributed by atoms with van der Waals surface area (Å²) in [5.41, 5.74) is 0.352. The molecule has 1 saturated heterocycles. The molecule has 134 valence electrons. The third-order valence-corrected chi connectivity index (χ3v) is 4.70. The second kappa shape index (κ2) is 8.09. The van der Waals surface area contributed by atoms with E-state index in [0.29, 0.717) is 23.8 Å². The van der Waals surface area contributed by atoms with E-state index in [9.17, 15) is 18.7 Å². The number of carbonyl (C=O) groups excluding carboxylic acids is 1. The van der Waals surface area contributed by atoms with Crippen molar-refractivity contribution in [3.05, 3.63) is 29.8 Å². The Balaban J connectivity index is 0.00000208. The summed E-state index contributed by atoms with van der Waals surface area (Å²) in [6.45, 7) is -1.04. The summed E-state index contributed by atoms with van der Waals surface area (Å²) in [5.74, 6) is 0.644. The molecule has 0 radical (unpaired) electrons. The minimum absolute atomic E-state index is 0. The number of aliphatic hydroxyl groups excluding tert-OH is 1. The number of benzene rings is 1. The quantitative estimate of drug-likeness (QED) is 0.764. The fraction of sp³-hybridized carbons (Fsp3) is 0.562. The predicted molar refractivity (Wildman–Crippen MR) is 86.7 cm³/mol. The molecule has 0 aromatic heterocycles. The first-order chi connectivity index (χ1) is 11.0. The van der Waals surface area contributed by atoms with Crippen molar-refractivity contribution in [1.29, 1.82) is 0 Å². The van der Waals surface area contributed by atoms with E-state index in [0.717, 1.165) is 19.5 Å². The third-order valence-electron chi connectivity index (χ3n) is 4.70. The van der Waals surface area contributed by atoms with Gasteiger partial charge in [-0.05, 0) is 62.0 Å². The summed E-state index contributed by atoms with van der Waals surface area (Å²) >= 11 is 0. The fourth-order valence-corrected chi connectivity index (χ4v) is 3.49. The normalized spacial score (nSPS) is 28.8. The number of hydrogen-bond acceptors (Lipinski definition) is 4. The SMILES string of the molecule is Cl.O=C(N[C@H]1C[C@H]2CNC[C@H]2C[C@@H]1O)c1ccc(OC(F)F)cc1. The zero-order valence-corrected chi connectivity index (χ0v) is 13.8. The van der Waals surface area contributed by atoms with Crippen LogP contribution in [0.3, 0.4) is 0 Å². The van der Waals surface area contributed by atoms with Crippen LogP contribution in [-0.2, 0) is 0 Å². The molecule has 1 aliphatic carbocycles. The van der Waals surface area contributed by atoms with Gasteiger partial charge in [0.05, 0.1) is 12.1 Å². The zero-order chi connectivity index (χ0) is 16.4. The lowest BCUT2D eigenvalue weighted by molar-refractivity contribution is -0.0498. The molecule has 3 N–H and O–H groups in total. The van der Waals surface area contributed by atoms with Gasteiger partial charge in [0.25, 0.3) is 5.91 Å². The summed E-state index contributed by atoms with van der Waals surface area (Å²) in [7, 11) is 0. The highest BCUT2D eigenvalue weighted by atomic mass is 35.5. The molecule has 24 heavy (non-hydrogen) atoms. The number of carbonyl (C=O) groups is 1. The van der Waals surface area contributed by atoms with E-state index in [1.807, 2.05) is 0 Å². The van der Waals surface area contributed by atoms with Crippen molar-refractivity contribution in [3.8, 4) is 5.75 Å². The minimum atomic E-state index is -2.89. The van der Waals surface area contributed by atoms with Crippen LogP contribution in [0, 0.1) is 11.8 Å². The van der Waals surface area contributed by atoms with Gasteiger partial charge in [-0.2, -0.15) is 8.78 Å². The molecule has 0 bridgehead atoms. The van der Waals surface area contributed by atoms with Crippen molar-refractivity contribution in [3.63, 3.8) is 0 Å². The Hall–Kier alpha value is -1.44. The van der Waals surface area contributed by atoms with E-state index in [4.69, 9.17) is 0 Å². The summed E-state index contributed by atoms with van der Waals surface area (Å²) in [6.07, 6.45) is 0.877. The number of alkyl halides is 2. The van der Waals surface area contributed by atoms with Crippen molar-refractivity contribution < 1.29 is 23.4 Å². The molecule has 1 heterocycles. The second-order valence-corrected chi connectivity index (χ2v) is 6.20. The van der Waals surface area contributed by atoms with Gasteiger partial charge in [-0.25, -0.2) is 0 Å². The number of ether oxygens (including phenoxy) is 1. The Morgan fingerprint density at radius 1 is 1.21 bits per heavy atom. The van der Waals surface area contributed by atoms with E-state index >= 15 is 0 Å². The van der Waals surface area contributed by atoms with Crippen LogP contribution in [0.4, 0.5) is 8.78 Å². The van der Waals surface area contributed by atoms with Crippen molar-refractivity contribution in [2.75, 3.05) is 13.1 Å². The number of halogens is 3. The lowest BCUT2D eigenvalue weighted by atomic mass is 9.77. The van der Waals surface area contributed by atoms with Gasteiger partial charge >= 0.3 is 6.61 Å². The number of hydrogen-bond donors (Lipinski definition) is 3. The van der Waals surface area contributed by atoms with Crippen molar-refractivity contribution in [2.45, 2.75) is 31.6 Å². The first-order valence-corrected chi connectivity index (χ1v) is 7.77. The van der Waals surface area contributed by atoms with E-state index in [1.165, 1.54) is 24.3 Å². The van der Waals surface area contributed by atoms with Gasteiger partial charge in [-0.15, -0.1) is 12.4 Å². The highest BCUT2D eigenvalue weighted by molar-refractivity contribution is 5.94. The van der Waals surface area contributed by atoms with Gasteiger partial charge in [0, 0.05) is 5.56 Å². The summed E-state index contributed by atoms with van der Waals surface area (Å²) in [6, 6.07) is 5.25. The van der Waals surface area contributed by atoms with E-state index in [2.05, 4.69) is 15.4 Å². The van der Waals surface area contributed by atoms with Crippen LogP contribution in [0.5, 0.6) is 5.75 Å². The molecule has 1 saturated carbocycles. The Morgan fingerprint density at radius 2 is 1.83 bits per heavy atom. The van der Waals surface area contributed by atoms with E-state index < -0.39 is 12.7 Å². The molecule has 0 spiro atoms. The highest BCUT2D eigenvalue weighted by Gasteiger charge is 2.39. The number of fused-ring (bicyclic) bond motifs is 1. The lowest BCUT2D eigenvalue weighted by Crippen LogP contribution is -2.49. The van der Waals surface area contributed by atoms with E-state index in [1.54, 1.807) is 0 Å². The van der Waals surface area contributed by atoms with Crippen LogP contribution in [-0.4, -0.2) is 42.9 Å². The Bertz CT molecular complexity index is 559. The van der Waals surface area contributed by atoms with Gasteiger partial charge < -0.3 is 20.5 Å². The summed E-state index contributed by atoms with van der Waals surface area (Å²) in [4.78, 5) is 12.3. The smallest absolute Gasteiger partial charge is 0.387 e. The molecule has 4 atom stereocenters. The van der Waals surface area contributed by atoms with Crippen LogP contribution < -0.4 is 15.4 Å². The maximum atomic E-state index is 12.3. The van der Waals surface area contributed by atoms with Crippen LogP contribution in [0.15, 0.2) is 24.3 Å². The predicted octanol–water partition coefficient (Wildman–Crippen LogP) is 1.80.